The van der Waals surface area contributed by atoms with E-state index in [4.69, 9.17) is 4.74 Å². The lowest BCUT2D eigenvalue weighted by Gasteiger charge is -2.26. The molecule has 2 heteroatoms. The van der Waals surface area contributed by atoms with Gasteiger partial charge in [0.25, 0.3) is 0 Å². The smallest absolute Gasteiger partial charge is 0.135 e. The molecule has 0 radical (unpaired) electrons. The van der Waals surface area contributed by atoms with Gasteiger partial charge >= 0.3 is 0 Å². The van der Waals surface area contributed by atoms with Crippen molar-refractivity contribution in [1.29, 1.82) is 0 Å². The Bertz CT molecular complexity index is 2690. The summed E-state index contributed by atoms with van der Waals surface area (Å²) in [5.41, 5.74) is 17.2. The van der Waals surface area contributed by atoms with Gasteiger partial charge in [0, 0.05) is 28.2 Å². The number of rotatable bonds is 7. The highest BCUT2D eigenvalue weighted by Gasteiger charge is 2.24. The highest BCUT2D eigenvalue weighted by molar-refractivity contribution is 5.98. The van der Waals surface area contributed by atoms with Crippen LogP contribution in [0, 0.1) is 0 Å². The molecule has 1 heterocycles. The molecule has 0 bridgehead atoms. The van der Waals surface area contributed by atoms with Crippen LogP contribution in [0.3, 0.4) is 0 Å². The van der Waals surface area contributed by atoms with E-state index in [9.17, 15) is 0 Å². The molecule has 264 valence electrons. The Kier molecular flexibility index (Phi) is 8.55. The predicted molar refractivity (Wildman–Crippen MR) is 234 cm³/mol. The van der Waals surface area contributed by atoms with E-state index >= 15 is 0 Å². The minimum atomic E-state index is 0.853. The largest absolute Gasteiger partial charge is 0.456 e. The van der Waals surface area contributed by atoms with Crippen molar-refractivity contribution in [1.82, 2.24) is 0 Å². The summed E-state index contributed by atoms with van der Waals surface area (Å²) in [7, 11) is 0. The van der Waals surface area contributed by atoms with Gasteiger partial charge in [0.2, 0.25) is 0 Å². The van der Waals surface area contributed by atoms with Gasteiger partial charge in [0.15, 0.2) is 0 Å². The second-order valence-electron chi connectivity index (χ2n) is 14.1. The monoisotopic (exact) mass is 715 g/mol. The molecule has 9 aromatic rings. The molecule has 0 unspecified atom stereocenters. The van der Waals surface area contributed by atoms with Gasteiger partial charge in [-0.1, -0.05) is 170 Å². The maximum Gasteiger partial charge on any atom is 0.135 e. The van der Waals surface area contributed by atoms with Crippen LogP contribution in [0.15, 0.2) is 224 Å². The summed E-state index contributed by atoms with van der Waals surface area (Å²) in [5.74, 6) is 1.72. The van der Waals surface area contributed by atoms with Gasteiger partial charge in [-0.25, -0.2) is 0 Å². The summed E-state index contributed by atoms with van der Waals surface area (Å²) in [6, 6.07) is 79.8. The quantitative estimate of drug-likeness (QED) is 0.163. The Morgan fingerprint density at radius 1 is 0.250 bits per heavy atom. The highest BCUT2D eigenvalue weighted by Crippen LogP contribution is 2.51. The molecule has 0 atom stereocenters. The highest BCUT2D eigenvalue weighted by atomic mass is 16.5. The average molecular weight is 716 g/mol. The molecule has 2 nitrogen and oxygen atoms in total. The summed E-state index contributed by atoms with van der Waals surface area (Å²) in [5, 5.41) is 0. The van der Waals surface area contributed by atoms with E-state index in [1.807, 2.05) is 0 Å². The zero-order valence-corrected chi connectivity index (χ0v) is 30.7. The molecule has 0 N–H and O–H groups in total. The van der Waals surface area contributed by atoms with Gasteiger partial charge in [-0.05, 0) is 110 Å². The lowest BCUT2D eigenvalue weighted by molar-refractivity contribution is 0.488. The van der Waals surface area contributed by atoms with Gasteiger partial charge in [0.05, 0.1) is 0 Å². The first kappa shape index (κ1) is 33.2. The fourth-order valence-corrected chi connectivity index (χ4v) is 7.93. The summed E-state index contributed by atoms with van der Waals surface area (Å²) in [6.07, 6.45) is 0. The van der Waals surface area contributed by atoms with Crippen molar-refractivity contribution in [2.24, 2.45) is 0 Å². The number of ether oxygens (including phenoxy) is 1. The molecule has 0 aromatic heterocycles. The van der Waals surface area contributed by atoms with E-state index in [0.29, 0.717) is 0 Å². The zero-order chi connectivity index (χ0) is 37.3. The van der Waals surface area contributed by atoms with Gasteiger partial charge < -0.3 is 9.64 Å². The first-order valence-corrected chi connectivity index (χ1v) is 19.1. The molecule has 0 aliphatic carbocycles. The van der Waals surface area contributed by atoms with Crippen LogP contribution in [-0.4, -0.2) is 0 Å². The van der Waals surface area contributed by atoms with E-state index in [2.05, 4.69) is 229 Å². The van der Waals surface area contributed by atoms with E-state index in [-0.39, 0.29) is 0 Å². The van der Waals surface area contributed by atoms with Crippen molar-refractivity contribution in [2.45, 2.75) is 0 Å². The van der Waals surface area contributed by atoms with Crippen LogP contribution in [0.2, 0.25) is 0 Å². The number of benzene rings is 9. The third-order valence-corrected chi connectivity index (χ3v) is 10.7. The fourth-order valence-electron chi connectivity index (χ4n) is 7.93. The minimum absolute atomic E-state index is 0.853. The Morgan fingerprint density at radius 3 is 1.20 bits per heavy atom. The molecule has 1 aliphatic rings. The maximum atomic E-state index is 6.75. The lowest BCUT2D eigenvalue weighted by Crippen LogP contribution is -2.09. The summed E-state index contributed by atoms with van der Waals surface area (Å²) in [4.78, 5) is 2.33. The maximum absolute atomic E-state index is 6.75. The van der Waals surface area contributed by atoms with E-state index in [1.165, 1.54) is 33.4 Å². The molecule has 0 spiro atoms. The standard InChI is InChI=1S/C54H37NO/c1-4-13-38(14-5-1)40-23-30-45(31-24-40)55(46-32-25-41(26-33-46)39-15-6-2-7-16-39)47-34-27-42(28-35-47)44-29-36-52-51(37-44)49-19-10-11-20-50(49)54-48(21-12-22-53(54)56-52)43-17-8-3-9-18-43/h1-37H. The molecule has 0 fully saturated rings. The van der Waals surface area contributed by atoms with Crippen LogP contribution < -0.4 is 9.64 Å². The molecular weight excluding hydrogens is 679 g/mol. The molecule has 0 saturated carbocycles. The molecule has 1 aliphatic heterocycles. The molecular formula is C54H37NO. The van der Waals surface area contributed by atoms with Crippen LogP contribution in [0.25, 0.3) is 66.8 Å². The van der Waals surface area contributed by atoms with Crippen molar-refractivity contribution in [3.8, 4) is 78.3 Å². The van der Waals surface area contributed by atoms with Crippen LogP contribution in [0.1, 0.15) is 0 Å². The van der Waals surface area contributed by atoms with Crippen molar-refractivity contribution in [3.05, 3.63) is 224 Å². The van der Waals surface area contributed by atoms with Crippen LogP contribution >= 0.6 is 0 Å². The predicted octanol–water partition coefficient (Wildman–Crippen LogP) is 15.3. The topological polar surface area (TPSA) is 12.5 Å². The number of hydrogen-bond acceptors (Lipinski definition) is 2. The second-order valence-corrected chi connectivity index (χ2v) is 14.1. The molecule has 0 amide bonds. The van der Waals surface area contributed by atoms with Crippen molar-refractivity contribution >= 4 is 17.1 Å². The van der Waals surface area contributed by atoms with Crippen molar-refractivity contribution in [3.63, 3.8) is 0 Å². The summed E-state index contributed by atoms with van der Waals surface area (Å²) >= 11 is 0. The van der Waals surface area contributed by atoms with Crippen molar-refractivity contribution < 1.29 is 4.74 Å². The van der Waals surface area contributed by atoms with Crippen LogP contribution in [-0.2, 0) is 0 Å². The number of nitrogens with zero attached hydrogens (tertiary/aromatic N) is 1. The average Bonchev–Trinajstić information content (AvgIpc) is 3.42. The number of hydrogen-bond donors (Lipinski definition) is 0. The molecule has 10 rings (SSSR count). The summed E-state index contributed by atoms with van der Waals surface area (Å²) in [6.45, 7) is 0. The van der Waals surface area contributed by atoms with Gasteiger partial charge in [-0.15, -0.1) is 0 Å². The second kappa shape index (κ2) is 14.4. The third kappa shape index (κ3) is 6.24. The van der Waals surface area contributed by atoms with Crippen LogP contribution in [0.4, 0.5) is 17.1 Å². The Balaban J connectivity index is 1.02. The Morgan fingerprint density at radius 2 is 0.661 bits per heavy atom. The van der Waals surface area contributed by atoms with Gasteiger partial charge in [0.1, 0.15) is 11.5 Å². The van der Waals surface area contributed by atoms with Gasteiger partial charge in [-0.2, -0.15) is 0 Å². The molecule has 9 aromatic carbocycles. The molecule has 56 heavy (non-hydrogen) atoms. The normalized spacial score (nSPS) is 11.4. The van der Waals surface area contributed by atoms with E-state index in [1.54, 1.807) is 0 Å². The molecule has 0 saturated heterocycles. The lowest BCUT2D eigenvalue weighted by atomic mass is 9.88. The minimum Gasteiger partial charge on any atom is -0.456 e. The van der Waals surface area contributed by atoms with E-state index in [0.717, 1.165) is 61.9 Å². The Labute approximate surface area is 328 Å². The SMILES string of the molecule is c1ccc(-c2ccc(N(c3ccc(-c4ccccc4)cc3)c3ccc(-c4ccc5c(c4)-c4ccccc4-c4c(cccc4-c4ccccc4)O5)cc3)cc2)cc1. The fraction of sp³-hybridized carbons (Fsp3) is 0. The van der Waals surface area contributed by atoms with Gasteiger partial charge in [-0.3, -0.25) is 0 Å². The van der Waals surface area contributed by atoms with Crippen LogP contribution in [0.5, 0.6) is 11.5 Å². The van der Waals surface area contributed by atoms with E-state index < -0.39 is 0 Å². The zero-order valence-electron chi connectivity index (χ0n) is 30.7. The first-order valence-electron chi connectivity index (χ1n) is 19.1. The first-order chi connectivity index (χ1) is 27.8. The number of fused-ring (bicyclic) bond motifs is 5. The Hall–Kier alpha value is -7.42. The van der Waals surface area contributed by atoms with Crippen molar-refractivity contribution in [2.75, 3.05) is 4.90 Å². The number of anilines is 3. The third-order valence-electron chi connectivity index (χ3n) is 10.7. The summed E-state index contributed by atoms with van der Waals surface area (Å²) < 4.78 is 6.75.